The van der Waals surface area contributed by atoms with Gasteiger partial charge in [-0.3, -0.25) is 4.98 Å². The predicted molar refractivity (Wildman–Crippen MR) is 123 cm³/mol. The van der Waals surface area contributed by atoms with Crippen molar-refractivity contribution in [1.29, 1.82) is 0 Å². The molecular formula is C25H28N4O3. The molecule has 1 aromatic heterocycles. The molecule has 2 amide bonds. The summed E-state index contributed by atoms with van der Waals surface area (Å²) in [5, 5.41) is 0. The van der Waals surface area contributed by atoms with Gasteiger partial charge in [-0.05, 0) is 49.1 Å². The maximum absolute atomic E-state index is 11.9. The van der Waals surface area contributed by atoms with Crippen molar-refractivity contribution in [3.05, 3.63) is 59.4 Å². The quantitative estimate of drug-likeness (QED) is 0.719. The Morgan fingerprint density at radius 3 is 2.88 bits per heavy atom. The number of urea groups is 1. The summed E-state index contributed by atoms with van der Waals surface area (Å²) in [4.78, 5) is 24.7. The maximum Gasteiger partial charge on any atom is 0.343 e. The van der Waals surface area contributed by atoms with Gasteiger partial charge in [0.05, 0.1) is 19.3 Å². The summed E-state index contributed by atoms with van der Waals surface area (Å²) in [6.45, 7) is 4.11. The molecule has 7 nitrogen and oxygen atoms in total. The zero-order chi connectivity index (χ0) is 21.9. The topological polar surface area (TPSA) is 67.3 Å². The van der Waals surface area contributed by atoms with Crippen molar-refractivity contribution in [2.45, 2.75) is 31.9 Å². The van der Waals surface area contributed by atoms with Crippen LogP contribution in [-0.2, 0) is 6.61 Å². The number of hydrogen-bond acceptors (Lipinski definition) is 5. The molecule has 0 unspecified atom stereocenters. The van der Waals surface area contributed by atoms with E-state index < -0.39 is 0 Å². The normalized spacial score (nSPS) is 20.1. The van der Waals surface area contributed by atoms with E-state index in [9.17, 15) is 4.79 Å². The van der Waals surface area contributed by atoms with Gasteiger partial charge in [0.2, 0.25) is 0 Å². The molecule has 4 heterocycles. The number of amides is 2. The Hall–Kier alpha value is -3.19. The summed E-state index contributed by atoms with van der Waals surface area (Å²) < 4.78 is 11.5. The van der Waals surface area contributed by atoms with E-state index in [1.165, 1.54) is 0 Å². The Balaban J connectivity index is 1.30. The van der Waals surface area contributed by atoms with Gasteiger partial charge < -0.3 is 19.3 Å². The molecule has 0 saturated carbocycles. The summed E-state index contributed by atoms with van der Waals surface area (Å²) in [5.74, 6) is 1.67. The third-order valence-electron chi connectivity index (χ3n) is 6.54. The molecule has 0 N–H and O–H groups in total. The van der Waals surface area contributed by atoms with Crippen molar-refractivity contribution in [3.8, 4) is 11.5 Å². The lowest BCUT2D eigenvalue weighted by atomic mass is 9.95. The first-order valence-corrected chi connectivity index (χ1v) is 11.2. The summed E-state index contributed by atoms with van der Waals surface area (Å²) in [6.07, 6.45) is 8.78. The van der Waals surface area contributed by atoms with Crippen LogP contribution in [0.5, 0.6) is 11.5 Å². The van der Waals surface area contributed by atoms with Crippen molar-refractivity contribution in [3.63, 3.8) is 0 Å². The van der Waals surface area contributed by atoms with Gasteiger partial charge in [0.25, 0.3) is 0 Å². The number of likely N-dealkylation sites (tertiary alicyclic amines) is 1. The number of fused-ring (bicyclic) bond motifs is 2. The molecule has 2 aromatic rings. The monoisotopic (exact) mass is 432 g/mol. The Kier molecular flexibility index (Phi) is 5.90. The van der Waals surface area contributed by atoms with Crippen molar-refractivity contribution in [2.24, 2.45) is 4.99 Å². The van der Waals surface area contributed by atoms with Crippen LogP contribution in [0.2, 0.25) is 0 Å². The Morgan fingerprint density at radius 1 is 1.22 bits per heavy atom. The summed E-state index contributed by atoms with van der Waals surface area (Å²) >= 11 is 0. The summed E-state index contributed by atoms with van der Waals surface area (Å²) in [7, 11) is 1.68. The molecule has 3 aliphatic heterocycles. The average Bonchev–Trinajstić information content (AvgIpc) is 3.20. The highest BCUT2D eigenvalue weighted by molar-refractivity contribution is 5.91. The molecule has 0 radical (unpaired) electrons. The van der Waals surface area contributed by atoms with Gasteiger partial charge in [-0.2, -0.15) is 0 Å². The van der Waals surface area contributed by atoms with Crippen molar-refractivity contribution in [2.75, 3.05) is 33.3 Å². The third kappa shape index (κ3) is 4.12. The zero-order valence-corrected chi connectivity index (χ0v) is 18.4. The summed E-state index contributed by atoms with van der Waals surface area (Å²) in [6, 6.07) is 10.3. The van der Waals surface area contributed by atoms with E-state index >= 15 is 0 Å². The van der Waals surface area contributed by atoms with Gasteiger partial charge in [0.1, 0.15) is 18.1 Å². The number of benzene rings is 1. The second kappa shape index (κ2) is 9.12. The van der Waals surface area contributed by atoms with E-state index in [1.54, 1.807) is 13.3 Å². The standard InChI is InChI=1S/C25H28N4O3/c1-31-19-6-7-24-22(16-19)20(21-4-2-10-26-23(21)17-32-24)5-3-12-28-13-8-18(9-14-28)29-15-11-27-25(29)30/h2,4-7,10-11,16,18H,3,8-9,12-15,17H2,1H3. The van der Waals surface area contributed by atoms with Crippen LogP contribution in [0.1, 0.15) is 36.1 Å². The number of carbonyl (C=O) groups excluding carboxylic acids is 1. The van der Waals surface area contributed by atoms with E-state index in [0.717, 1.165) is 72.8 Å². The zero-order valence-electron chi connectivity index (χ0n) is 18.4. The second-order valence-electron chi connectivity index (χ2n) is 8.37. The molecular weight excluding hydrogens is 404 g/mol. The largest absolute Gasteiger partial charge is 0.497 e. The molecule has 0 aliphatic carbocycles. The number of piperidine rings is 1. The van der Waals surface area contributed by atoms with Crippen molar-refractivity contribution < 1.29 is 14.3 Å². The summed E-state index contributed by atoms with van der Waals surface area (Å²) in [5.41, 5.74) is 4.26. The second-order valence-corrected chi connectivity index (χ2v) is 8.37. The maximum atomic E-state index is 11.9. The number of aromatic nitrogens is 1. The lowest BCUT2D eigenvalue weighted by Crippen LogP contribution is -2.45. The number of rotatable bonds is 5. The third-order valence-corrected chi connectivity index (χ3v) is 6.54. The number of carbonyl (C=O) groups is 1. The Morgan fingerprint density at radius 2 is 2.09 bits per heavy atom. The van der Waals surface area contributed by atoms with E-state index in [0.29, 0.717) is 19.2 Å². The van der Waals surface area contributed by atoms with E-state index in [2.05, 4.69) is 27.0 Å². The minimum absolute atomic E-state index is 0.0786. The van der Waals surface area contributed by atoms with Crippen LogP contribution < -0.4 is 9.47 Å². The van der Waals surface area contributed by atoms with Gasteiger partial charge in [0.15, 0.2) is 0 Å². The molecule has 7 heteroatoms. The molecule has 0 atom stereocenters. The van der Waals surface area contributed by atoms with Crippen molar-refractivity contribution >= 4 is 17.8 Å². The molecule has 0 bridgehead atoms. The number of pyridine rings is 1. The highest BCUT2D eigenvalue weighted by atomic mass is 16.5. The molecule has 32 heavy (non-hydrogen) atoms. The van der Waals surface area contributed by atoms with Crippen LogP contribution in [0, 0.1) is 0 Å². The number of nitrogens with zero attached hydrogens (tertiary/aromatic N) is 4. The van der Waals surface area contributed by atoms with Gasteiger partial charge in [0, 0.05) is 49.2 Å². The molecule has 3 aliphatic rings. The van der Waals surface area contributed by atoms with Crippen LogP contribution in [0.4, 0.5) is 4.79 Å². The predicted octanol–water partition coefficient (Wildman–Crippen LogP) is 3.78. The fourth-order valence-electron chi connectivity index (χ4n) is 4.79. The SMILES string of the molecule is COc1ccc2c(c1)C(=CCCN1CCC(N3CC=NC3=O)CC1)c1cccnc1CO2. The number of hydrogen-bond donors (Lipinski definition) is 0. The molecule has 166 valence electrons. The van der Waals surface area contributed by atoms with E-state index in [4.69, 9.17) is 9.47 Å². The first-order chi connectivity index (χ1) is 15.7. The van der Waals surface area contributed by atoms with Crippen LogP contribution in [0.3, 0.4) is 0 Å². The van der Waals surface area contributed by atoms with Gasteiger partial charge in [-0.1, -0.05) is 12.1 Å². The van der Waals surface area contributed by atoms with Gasteiger partial charge in [-0.25, -0.2) is 9.79 Å². The lowest BCUT2D eigenvalue weighted by Gasteiger charge is -2.35. The molecule has 5 rings (SSSR count). The van der Waals surface area contributed by atoms with Gasteiger partial charge in [-0.15, -0.1) is 0 Å². The average molecular weight is 433 g/mol. The smallest absolute Gasteiger partial charge is 0.343 e. The Labute approximate surface area is 188 Å². The highest BCUT2D eigenvalue weighted by Gasteiger charge is 2.29. The Bertz CT molecular complexity index is 1060. The fourth-order valence-corrected chi connectivity index (χ4v) is 4.79. The number of aliphatic imine (C=N–C) groups is 1. The molecule has 1 fully saturated rings. The lowest BCUT2D eigenvalue weighted by molar-refractivity contribution is 0.139. The fraction of sp³-hybridized carbons (Fsp3) is 0.400. The van der Waals surface area contributed by atoms with Gasteiger partial charge >= 0.3 is 6.03 Å². The molecule has 1 aromatic carbocycles. The van der Waals surface area contributed by atoms with Crippen LogP contribution in [0.25, 0.3) is 5.57 Å². The minimum Gasteiger partial charge on any atom is -0.497 e. The molecule has 0 spiro atoms. The minimum atomic E-state index is -0.0786. The van der Waals surface area contributed by atoms with Crippen LogP contribution >= 0.6 is 0 Å². The number of methoxy groups -OCH3 is 1. The van der Waals surface area contributed by atoms with E-state index in [1.807, 2.05) is 35.4 Å². The van der Waals surface area contributed by atoms with E-state index in [-0.39, 0.29) is 6.03 Å². The van der Waals surface area contributed by atoms with Crippen LogP contribution in [0.15, 0.2) is 47.6 Å². The highest BCUT2D eigenvalue weighted by Crippen LogP contribution is 2.38. The molecule has 1 saturated heterocycles. The van der Waals surface area contributed by atoms with Crippen LogP contribution in [-0.4, -0.2) is 66.4 Å². The first kappa shape index (κ1) is 20.7. The number of ether oxygens (including phenoxy) is 2. The first-order valence-electron chi connectivity index (χ1n) is 11.2. The van der Waals surface area contributed by atoms with Crippen molar-refractivity contribution in [1.82, 2.24) is 14.8 Å².